The predicted octanol–water partition coefficient (Wildman–Crippen LogP) is 2.05. The molecule has 3 unspecified atom stereocenters. The summed E-state index contributed by atoms with van der Waals surface area (Å²) in [7, 11) is 0. The zero-order valence-corrected chi connectivity index (χ0v) is 7.71. The highest BCUT2D eigenvalue weighted by atomic mass is 16.6. The number of hydrogen-bond acceptors (Lipinski definition) is 2. The lowest BCUT2D eigenvalue weighted by atomic mass is 9.85. The second kappa shape index (κ2) is 2.77. The third-order valence-corrected chi connectivity index (χ3v) is 3.04. The average Bonchev–Trinajstić information content (AvgIpc) is 2.28. The van der Waals surface area contributed by atoms with Gasteiger partial charge in [-0.25, -0.2) is 0 Å². The van der Waals surface area contributed by atoms with E-state index >= 15 is 0 Å². The molecule has 0 fully saturated rings. The van der Waals surface area contributed by atoms with E-state index in [9.17, 15) is 5.11 Å². The summed E-state index contributed by atoms with van der Waals surface area (Å²) in [6.45, 7) is 4.28. The first-order valence-electron chi connectivity index (χ1n) is 4.75. The maximum Gasteiger partial charge on any atom is 0.203 e. The molecule has 0 saturated carbocycles. The van der Waals surface area contributed by atoms with E-state index in [1.807, 2.05) is 6.92 Å². The van der Waals surface area contributed by atoms with E-state index < -0.39 is 6.29 Å². The molecule has 12 heavy (non-hydrogen) atoms. The Labute approximate surface area is 73.2 Å². The van der Waals surface area contributed by atoms with E-state index in [0.717, 1.165) is 24.5 Å². The van der Waals surface area contributed by atoms with Crippen LogP contribution in [0.5, 0.6) is 0 Å². The summed E-state index contributed by atoms with van der Waals surface area (Å²) in [4.78, 5) is 0. The number of aliphatic hydroxyl groups excluding tert-OH is 1. The number of rotatable bonds is 0. The molecule has 0 radical (unpaired) electrons. The van der Waals surface area contributed by atoms with Gasteiger partial charge < -0.3 is 9.84 Å². The third-order valence-electron chi connectivity index (χ3n) is 3.04. The van der Waals surface area contributed by atoms with Crippen LogP contribution in [0.2, 0.25) is 0 Å². The summed E-state index contributed by atoms with van der Waals surface area (Å²) in [5.74, 6) is 2.03. The van der Waals surface area contributed by atoms with Crippen LogP contribution in [0, 0.1) is 11.8 Å². The SMILES string of the molecule is CC1CCC2=C(C1)OC(O)C2C. The van der Waals surface area contributed by atoms with Gasteiger partial charge in [-0.15, -0.1) is 0 Å². The molecular formula is C10H16O2. The number of allylic oxidation sites excluding steroid dienone is 1. The lowest BCUT2D eigenvalue weighted by molar-refractivity contribution is -0.0710. The molecule has 2 heteroatoms. The van der Waals surface area contributed by atoms with E-state index in [1.165, 1.54) is 12.0 Å². The Bertz CT molecular complexity index is 220. The molecule has 3 atom stereocenters. The largest absolute Gasteiger partial charge is 0.469 e. The summed E-state index contributed by atoms with van der Waals surface area (Å²) in [6.07, 6.45) is 2.82. The molecule has 0 aromatic heterocycles. The number of hydrogen-bond donors (Lipinski definition) is 1. The van der Waals surface area contributed by atoms with Gasteiger partial charge in [0.05, 0.1) is 5.76 Å². The van der Waals surface area contributed by atoms with Crippen LogP contribution in [0.4, 0.5) is 0 Å². The summed E-state index contributed by atoms with van der Waals surface area (Å²) in [5.41, 5.74) is 1.36. The quantitative estimate of drug-likeness (QED) is 0.599. The molecule has 1 aliphatic heterocycles. The van der Waals surface area contributed by atoms with Gasteiger partial charge >= 0.3 is 0 Å². The monoisotopic (exact) mass is 168 g/mol. The van der Waals surface area contributed by atoms with Crippen molar-refractivity contribution in [3.63, 3.8) is 0 Å². The minimum absolute atomic E-state index is 0.229. The Hall–Kier alpha value is -0.500. The number of aliphatic hydroxyl groups is 1. The lowest BCUT2D eigenvalue weighted by Gasteiger charge is -2.19. The van der Waals surface area contributed by atoms with Gasteiger partial charge in [0, 0.05) is 12.3 Å². The first kappa shape index (κ1) is 8.11. The average molecular weight is 168 g/mol. The summed E-state index contributed by atoms with van der Waals surface area (Å²) < 4.78 is 5.38. The maximum absolute atomic E-state index is 9.45. The number of ether oxygens (including phenoxy) is 1. The molecular weight excluding hydrogens is 152 g/mol. The fourth-order valence-electron chi connectivity index (χ4n) is 2.12. The smallest absolute Gasteiger partial charge is 0.203 e. The van der Waals surface area contributed by atoms with Crippen LogP contribution in [-0.2, 0) is 4.74 Å². The van der Waals surface area contributed by atoms with E-state index in [1.54, 1.807) is 0 Å². The van der Waals surface area contributed by atoms with Crippen molar-refractivity contribution >= 4 is 0 Å². The van der Waals surface area contributed by atoms with Crippen LogP contribution in [-0.4, -0.2) is 11.4 Å². The van der Waals surface area contributed by atoms with E-state index in [-0.39, 0.29) is 5.92 Å². The molecule has 0 amide bonds. The van der Waals surface area contributed by atoms with Crippen LogP contribution in [0.3, 0.4) is 0 Å². The Morgan fingerprint density at radius 1 is 1.42 bits per heavy atom. The van der Waals surface area contributed by atoms with Crippen molar-refractivity contribution < 1.29 is 9.84 Å². The normalized spacial score (nSPS) is 41.1. The molecule has 0 aromatic rings. The zero-order valence-electron chi connectivity index (χ0n) is 7.71. The minimum Gasteiger partial charge on any atom is -0.469 e. The highest BCUT2D eigenvalue weighted by Gasteiger charge is 2.34. The van der Waals surface area contributed by atoms with Gasteiger partial charge in [-0.05, 0) is 24.3 Å². The molecule has 0 bridgehead atoms. The van der Waals surface area contributed by atoms with Crippen molar-refractivity contribution in [1.29, 1.82) is 0 Å². The predicted molar refractivity (Wildman–Crippen MR) is 46.3 cm³/mol. The van der Waals surface area contributed by atoms with Gasteiger partial charge in [-0.2, -0.15) is 0 Å². The molecule has 2 nitrogen and oxygen atoms in total. The zero-order chi connectivity index (χ0) is 8.72. The van der Waals surface area contributed by atoms with Gasteiger partial charge in [-0.3, -0.25) is 0 Å². The maximum atomic E-state index is 9.45. The van der Waals surface area contributed by atoms with Crippen molar-refractivity contribution in [2.24, 2.45) is 11.8 Å². The Morgan fingerprint density at radius 3 is 2.92 bits per heavy atom. The van der Waals surface area contributed by atoms with Crippen LogP contribution in [0.25, 0.3) is 0 Å². The molecule has 0 spiro atoms. The summed E-state index contributed by atoms with van der Waals surface area (Å²) in [6, 6.07) is 0. The second-order valence-electron chi connectivity index (χ2n) is 4.09. The van der Waals surface area contributed by atoms with E-state index in [4.69, 9.17) is 4.74 Å². The Kier molecular flexibility index (Phi) is 1.87. The van der Waals surface area contributed by atoms with Crippen molar-refractivity contribution in [3.05, 3.63) is 11.3 Å². The molecule has 1 aliphatic carbocycles. The van der Waals surface area contributed by atoms with E-state index in [2.05, 4.69) is 6.92 Å². The molecule has 2 rings (SSSR count). The fourth-order valence-corrected chi connectivity index (χ4v) is 2.12. The topological polar surface area (TPSA) is 29.5 Å². The molecule has 0 aromatic carbocycles. The lowest BCUT2D eigenvalue weighted by Crippen LogP contribution is -2.14. The second-order valence-corrected chi connectivity index (χ2v) is 4.09. The summed E-state index contributed by atoms with van der Waals surface area (Å²) in [5, 5.41) is 9.45. The molecule has 68 valence electrons. The standard InChI is InChI=1S/C10H16O2/c1-6-3-4-8-7(2)10(11)12-9(8)5-6/h6-7,10-11H,3-5H2,1-2H3. The van der Waals surface area contributed by atoms with Gasteiger partial charge in [0.2, 0.25) is 6.29 Å². The highest BCUT2D eigenvalue weighted by Crippen LogP contribution is 2.40. The van der Waals surface area contributed by atoms with Gasteiger partial charge in [0.1, 0.15) is 0 Å². The van der Waals surface area contributed by atoms with Crippen LogP contribution in [0.1, 0.15) is 33.1 Å². The van der Waals surface area contributed by atoms with Gasteiger partial charge in [0.25, 0.3) is 0 Å². The Balaban J connectivity index is 2.18. The van der Waals surface area contributed by atoms with Gasteiger partial charge in [-0.1, -0.05) is 13.8 Å². The van der Waals surface area contributed by atoms with Crippen LogP contribution < -0.4 is 0 Å². The highest BCUT2D eigenvalue weighted by molar-refractivity contribution is 5.20. The third kappa shape index (κ3) is 1.14. The molecule has 1 N–H and O–H groups in total. The van der Waals surface area contributed by atoms with Crippen molar-refractivity contribution in [2.75, 3.05) is 0 Å². The van der Waals surface area contributed by atoms with Gasteiger partial charge in [0.15, 0.2) is 0 Å². The fraction of sp³-hybridized carbons (Fsp3) is 0.800. The minimum atomic E-state index is -0.569. The van der Waals surface area contributed by atoms with Crippen molar-refractivity contribution in [1.82, 2.24) is 0 Å². The molecule has 0 saturated heterocycles. The summed E-state index contributed by atoms with van der Waals surface area (Å²) >= 11 is 0. The molecule has 1 heterocycles. The Morgan fingerprint density at radius 2 is 2.17 bits per heavy atom. The van der Waals surface area contributed by atoms with Crippen molar-refractivity contribution in [2.45, 2.75) is 39.4 Å². The molecule has 2 aliphatic rings. The van der Waals surface area contributed by atoms with Crippen molar-refractivity contribution in [3.8, 4) is 0 Å². The first-order valence-corrected chi connectivity index (χ1v) is 4.75. The first-order chi connectivity index (χ1) is 5.68. The van der Waals surface area contributed by atoms with Crippen LogP contribution in [0.15, 0.2) is 11.3 Å². The van der Waals surface area contributed by atoms with Crippen LogP contribution >= 0.6 is 0 Å². The van der Waals surface area contributed by atoms with E-state index in [0.29, 0.717) is 0 Å².